The number of benzene rings is 1. The number of aldehydes is 1. The zero-order valence-electron chi connectivity index (χ0n) is 8.71. The summed E-state index contributed by atoms with van der Waals surface area (Å²) < 4.78 is 0. The van der Waals surface area contributed by atoms with Crippen molar-refractivity contribution in [3.8, 4) is 11.8 Å². The molecule has 3 nitrogen and oxygen atoms in total. The SMILES string of the molecule is CC(=O)NCC#Cc1ccc(Cl)c(C=O)c1. The second-order valence-electron chi connectivity index (χ2n) is 3.07. The molecular formula is C12H10ClNO2. The molecule has 16 heavy (non-hydrogen) atoms. The standard InChI is InChI=1S/C12H10ClNO2/c1-9(16)14-6-2-3-10-4-5-12(13)11(7-10)8-15/h4-5,7-8H,6H2,1H3,(H,14,16). The minimum Gasteiger partial charge on any atom is -0.345 e. The van der Waals surface area contributed by atoms with Crippen LogP contribution in [0.3, 0.4) is 0 Å². The summed E-state index contributed by atoms with van der Waals surface area (Å²) in [6, 6.07) is 4.94. The average Bonchev–Trinajstić information content (AvgIpc) is 2.26. The molecule has 0 saturated heterocycles. The van der Waals surface area contributed by atoms with Gasteiger partial charge in [-0.3, -0.25) is 9.59 Å². The molecule has 0 aliphatic rings. The summed E-state index contributed by atoms with van der Waals surface area (Å²) in [5, 5.41) is 2.95. The van der Waals surface area contributed by atoms with Gasteiger partial charge in [-0.25, -0.2) is 0 Å². The van der Waals surface area contributed by atoms with Gasteiger partial charge in [-0.15, -0.1) is 0 Å². The van der Waals surface area contributed by atoms with Crippen LogP contribution in [0.15, 0.2) is 18.2 Å². The second kappa shape index (κ2) is 5.94. The van der Waals surface area contributed by atoms with Gasteiger partial charge >= 0.3 is 0 Å². The van der Waals surface area contributed by atoms with Crippen LogP contribution < -0.4 is 5.32 Å². The van der Waals surface area contributed by atoms with E-state index in [0.717, 1.165) is 0 Å². The Bertz CT molecular complexity index is 472. The quantitative estimate of drug-likeness (QED) is 0.626. The molecule has 4 heteroatoms. The molecule has 82 valence electrons. The van der Waals surface area contributed by atoms with Crippen molar-refractivity contribution >= 4 is 23.8 Å². The number of carbonyl (C=O) groups is 2. The van der Waals surface area contributed by atoms with Crippen molar-refractivity contribution in [3.05, 3.63) is 34.3 Å². The van der Waals surface area contributed by atoms with Gasteiger partial charge in [0.2, 0.25) is 5.91 Å². The molecule has 1 rings (SSSR count). The van der Waals surface area contributed by atoms with Crippen molar-refractivity contribution in [1.29, 1.82) is 0 Å². The Morgan fingerprint density at radius 3 is 2.94 bits per heavy atom. The van der Waals surface area contributed by atoms with Gasteiger partial charge in [0.1, 0.15) is 0 Å². The summed E-state index contributed by atoms with van der Waals surface area (Å²) in [6.45, 7) is 1.71. The van der Waals surface area contributed by atoms with Crippen LogP contribution in [0.1, 0.15) is 22.8 Å². The summed E-state index contributed by atoms with van der Waals surface area (Å²) >= 11 is 5.76. The van der Waals surface area contributed by atoms with E-state index >= 15 is 0 Å². The summed E-state index contributed by atoms with van der Waals surface area (Å²) in [7, 11) is 0. The van der Waals surface area contributed by atoms with Crippen molar-refractivity contribution < 1.29 is 9.59 Å². The van der Waals surface area contributed by atoms with E-state index in [9.17, 15) is 9.59 Å². The van der Waals surface area contributed by atoms with Gasteiger partial charge in [0.25, 0.3) is 0 Å². The lowest BCUT2D eigenvalue weighted by molar-refractivity contribution is -0.118. The van der Waals surface area contributed by atoms with E-state index < -0.39 is 0 Å². The van der Waals surface area contributed by atoms with Gasteiger partial charge in [0.15, 0.2) is 6.29 Å². The zero-order chi connectivity index (χ0) is 12.0. The lowest BCUT2D eigenvalue weighted by Gasteiger charge is -1.96. The van der Waals surface area contributed by atoms with Gasteiger partial charge in [0, 0.05) is 18.1 Å². The molecule has 0 aromatic heterocycles. The Balaban J connectivity index is 2.74. The summed E-state index contributed by atoms with van der Waals surface area (Å²) in [5.74, 6) is 5.46. The van der Waals surface area contributed by atoms with E-state index in [1.54, 1.807) is 18.2 Å². The molecule has 0 bridgehead atoms. The number of carbonyl (C=O) groups excluding carboxylic acids is 2. The van der Waals surface area contributed by atoms with Crippen LogP contribution >= 0.6 is 11.6 Å². The van der Waals surface area contributed by atoms with Crippen LogP contribution in [0.5, 0.6) is 0 Å². The largest absolute Gasteiger partial charge is 0.345 e. The fraction of sp³-hybridized carbons (Fsp3) is 0.167. The Hall–Kier alpha value is -1.79. The molecule has 0 atom stereocenters. The number of amides is 1. The fourth-order valence-corrected chi connectivity index (χ4v) is 1.19. The maximum Gasteiger partial charge on any atom is 0.217 e. The number of rotatable bonds is 2. The third kappa shape index (κ3) is 3.76. The van der Waals surface area contributed by atoms with E-state index in [1.165, 1.54) is 6.92 Å². The minimum atomic E-state index is -0.126. The summed E-state index contributed by atoms with van der Waals surface area (Å²) in [5.41, 5.74) is 1.10. The first-order valence-corrected chi connectivity index (χ1v) is 4.99. The molecule has 0 fully saturated rings. The zero-order valence-corrected chi connectivity index (χ0v) is 9.47. The average molecular weight is 236 g/mol. The van der Waals surface area contributed by atoms with E-state index in [4.69, 9.17) is 11.6 Å². The van der Waals surface area contributed by atoms with Gasteiger partial charge < -0.3 is 5.32 Å². The molecule has 0 aliphatic heterocycles. The molecule has 0 aliphatic carbocycles. The molecule has 0 radical (unpaired) electrons. The van der Waals surface area contributed by atoms with E-state index in [0.29, 0.717) is 22.4 Å². The number of halogens is 1. The first-order chi connectivity index (χ1) is 7.63. The second-order valence-corrected chi connectivity index (χ2v) is 3.47. The Morgan fingerprint density at radius 1 is 1.56 bits per heavy atom. The Labute approximate surface area is 98.8 Å². The third-order valence-electron chi connectivity index (χ3n) is 1.78. The van der Waals surface area contributed by atoms with Gasteiger partial charge in [-0.05, 0) is 18.2 Å². The van der Waals surface area contributed by atoms with Gasteiger partial charge in [-0.2, -0.15) is 0 Å². The predicted molar refractivity (Wildman–Crippen MR) is 62.4 cm³/mol. The molecule has 1 amide bonds. The predicted octanol–water partition coefficient (Wildman–Crippen LogP) is 1.64. The summed E-state index contributed by atoms with van der Waals surface area (Å²) in [4.78, 5) is 21.2. The van der Waals surface area contributed by atoms with Crippen molar-refractivity contribution in [1.82, 2.24) is 5.32 Å². The van der Waals surface area contributed by atoms with E-state index in [-0.39, 0.29) is 12.5 Å². The van der Waals surface area contributed by atoms with Crippen molar-refractivity contribution in [2.24, 2.45) is 0 Å². The minimum absolute atomic E-state index is 0.126. The van der Waals surface area contributed by atoms with Crippen LogP contribution in [-0.4, -0.2) is 18.7 Å². The monoisotopic (exact) mass is 235 g/mol. The van der Waals surface area contributed by atoms with Crippen LogP contribution in [-0.2, 0) is 4.79 Å². The highest BCUT2D eigenvalue weighted by Gasteiger charge is 1.98. The molecule has 0 saturated carbocycles. The highest BCUT2D eigenvalue weighted by molar-refractivity contribution is 6.32. The Morgan fingerprint density at radius 2 is 2.31 bits per heavy atom. The molecular weight excluding hydrogens is 226 g/mol. The first kappa shape index (κ1) is 12.3. The van der Waals surface area contributed by atoms with Crippen molar-refractivity contribution in [3.63, 3.8) is 0 Å². The molecule has 0 spiro atoms. The maximum atomic E-state index is 10.6. The third-order valence-corrected chi connectivity index (χ3v) is 2.13. The lowest BCUT2D eigenvalue weighted by Crippen LogP contribution is -2.19. The van der Waals surface area contributed by atoms with Crippen molar-refractivity contribution in [2.45, 2.75) is 6.92 Å². The highest BCUT2D eigenvalue weighted by Crippen LogP contribution is 2.14. The normalized spacial score (nSPS) is 8.88. The number of hydrogen-bond acceptors (Lipinski definition) is 2. The van der Waals surface area contributed by atoms with Crippen LogP contribution in [0.2, 0.25) is 5.02 Å². The van der Waals surface area contributed by atoms with Crippen LogP contribution in [0, 0.1) is 11.8 Å². The maximum absolute atomic E-state index is 10.6. The topological polar surface area (TPSA) is 46.2 Å². The van der Waals surface area contributed by atoms with Crippen LogP contribution in [0.25, 0.3) is 0 Å². The van der Waals surface area contributed by atoms with Gasteiger partial charge in [0.05, 0.1) is 11.6 Å². The molecule has 1 aromatic rings. The van der Waals surface area contributed by atoms with Crippen molar-refractivity contribution in [2.75, 3.05) is 6.54 Å². The first-order valence-electron chi connectivity index (χ1n) is 4.61. The Kier molecular flexibility index (Phi) is 4.56. The van der Waals surface area contributed by atoms with Gasteiger partial charge in [-0.1, -0.05) is 23.4 Å². The molecule has 1 N–H and O–H groups in total. The smallest absolute Gasteiger partial charge is 0.217 e. The molecule has 0 heterocycles. The molecule has 1 aromatic carbocycles. The number of hydrogen-bond donors (Lipinski definition) is 1. The lowest BCUT2D eigenvalue weighted by atomic mass is 10.1. The molecule has 0 unspecified atom stereocenters. The van der Waals surface area contributed by atoms with Crippen LogP contribution in [0.4, 0.5) is 0 Å². The highest BCUT2D eigenvalue weighted by atomic mass is 35.5. The summed E-state index contributed by atoms with van der Waals surface area (Å²) in [6.07, 6.45) is 0.682. The fourth-order valence-electron chi connectivity index (χ4n) is 1.03. The van der Waals surface area contributed by atoms with E-state index in [2.05, 4.69) is 17.2 Å². The van der Waals surface area contributed by atoms with E-state index in [1.807, 2.05) is 0 Å². The number of nitrogens with one attached hydrogen (secondary N) is 1.